The standard InChI is InChI=1S/C14H13ClFNOS/c1-17(9-11-6-7-13(15)19-11)14(18)8-10-4-2-3-5-12(10)16/h2-7H,8-9H2,1H3. The van der Waals surface area contributed by atoms with E-state index in [1.807, 2.05) is 6.07 Å². The molecule has 0 saturated carbocycles. The number of carbonyl (C=O) groups excluding carboxylic acids is 1. The van der Waals surface area contributed by atoms with Crippen LogP contribution in [0.3, 0.4) is 0 Å². The third-order valence-electron chi connectivity index (χ3n) is 2.75. The van der Waals surface area contributed by atoms with Crippen LogP contribution in [0.2, 0.25) is 4.34 Å². The molecular formula is C14H13ClFNOS. The SMILES string of the molecule is CN(Cc1ccc(Cl)s1)C(=O)Cc1ccccc1F. The van der Waals surface area contributed by atoms with Gasteiger partial charge in [-0.05, 0) is 23.8 Å². The highest BCUT2D eigenvalue weighted by atomic mass is 35.5. The third-order valence-corrected chi connectivity index (χ3v) is 3.96. The first-order valence-electron chi connectivity index (χ1n) is 5.78. The van der Waals surface area contributed by atoms with E-state index in [2.05, 4.69) is 0 Å². The second-order valence-electron chi connectivity index (χ2n) is 4.22. The lowest BCUT2D eigenvalue weighted by Crippen LogP contribution is -2.27. The minimum atomic E-state index is -0.344. The molecule has 1 heterocycles. The Kier molecular flexibility index (Phi) is 4.56. The molecule has 0 aliphatic heterocycles. The molecule has 0 bridgehead atoms. The summed E-state index contributed by atoms with van der Waals surface area (Å²) in [5.41, 5.74) is 0.420. The summed E-state index contributed by atoms with van der Waals surface area (Å²) in [5.74, 6) is -0.460. The van der Waals surface area contributed by atoms with Gasteiger partial charge in [0.2, 0.25) is 5.91 Å². The number of carbonyl (C=O) groups is 1. The summed E-state index contributed by atoms with van der Waals surface area (Å²) in [6.07, 6.45) is 0.0717. The van der Waals surface area contributed by atoms with Crippen molar-refractivity contribution >= 4 is 28.8 Å². The van der Waals surface area contributed by atoms with Crippen molar-refractivity contribution in [2.45, 2.75) is 13.0 Å². The van der Waals surface area contributed by atoms with E-state index in [-0.39, 0.29) is 18.1 Å². The van der Waals surface area contributed by atoms with Crippen LogP contribution in [0.5, 0.6) is 0 Å². The van der Waals surface area contributed by atoms with Crippen LogP contribution in [0.25, 0.3) is 0 Å². The van der Waals surface area contributed by atoms with Crippen molar-refractivity contribution in [3.63, 3.8) is 0 Å². The number of likely N-dealkylation sites (N-methyl/N-ethyl adjacent to an activating group) is 1. The van der Waals surface area contributed by atoms with E-state index < -0.39 is 0 Å². The monoisotopic (exact) mass is 297 g/mol. The second kappa shape index (κ2) is 6.17. The average molecular weight is 298 g/mol. The van der Waals surface area contributed by atoms with Crippen LogP contribution in [0, 0.1) is 5.82 Å². The van der Waals surface area contributed by atoms with Gasteiger partial charge in [0.15, 0.2) is 0 Å². The maximum Gasteiger partial charge on any atom is 0.227 e. The van der Waals surface area contributed by atoms with Crippen molar-refractivity contribution in [2.24, 2.45) is 0 Å². The van der Waals surface area contributed by atoms with E-state index in [1.165, 1.54) is 17.4 Å². The van der Waals surface area contributed by atoms with Gasteiger partial charge in [-0.2, -0.15) is 0 Å². The Bertz CT molecular complexity index is 584. The zero-order valence-corrected chi connectivity index (χ0v) is 12.0. The summed E-state index contributed by atoms with van der Waals surface area (Å²) in [5, 5.41) is 0. The lowest BCUT2D eigenvalue weighted by atomic mass is 10.1. The number of amides is 1. The van der Waals surface area contributed by atoms with Crippen molar-refractivity contribution < 1.29 is 9.18 Å². The van der Waals surface area contributed by atoms with Gasteiger partial charge >= 0.3 is 0 Å². The number of benzene rings is 1. The highest BCUT2D eigenvalue weighted by molar-refractivity contribution is 7.16. The van der Waals surface area contributed by atoms with E-state index in [0.717, 1.165) is 4.88 Å². The molecule has 0 radical (unpaired) electrons. The van der Waals surface area contributed by atoms with Gasteiger partial charge in [-0.25, -0.2) is 4.39 Å². The molecule has 2 aromatic rings. The number of nitrogens with zero attached hydrogens (tertiary/aromatic N) is 1. The van der Waals surface area contributed by atoms with E-state index in [4.69, 9.17) is 11.6 Å². The minimum Gasteiger partial charge on any atom is -0.340 e. The third kappa shape index (κ3) is 3.78. The zero-order valence-electron chi connectivity index (χ0n) is 10.4. The van der Waals surface area contributed by atoms with Crippen molar-refractivity contribution in [3.8, 4) is 0 Å². The fraction of sp³-hybridized carbons (Fsp3) is 0.214. The van der Waals surface area contributed by atoms with Gasteiger partial charge in [0, 0.05) is 11.9 Å². The molecule has 0 N–H and O–H groups in total. The van der Waals surface area contributed by atoms with Crippen LogP contribution in [-0.4, -0.2) is 17.9 Å². The molecule has 0 unspecified atom stereocenters. The summed E-state index contributed by atoms with van der Waals surface area (Å²) in [4.78, 5) is 14.6. The Morgan fingerprint density at radius 3 is 2.68 bits per heavy atom. The second-order valence-corrected chi connectivity index (χ2v) is 6.02. The zero-order chi connectivity index (χ0) is 13.8. The van der Waals surface area contributed by atoms with Gasteiger partial charge < -0.3 is 4.90 Å². The molecule has 0 atom stereocenters. The van der Waals surface area contributed by atoms with Gasteiger partial charge in [0.05, 0.1) is 17.3 Å². The smallest absolute Gasteiger partial charge is 0.227 e. The Balaban J connectivity index is 1.98. The molecule has 0 saturated heterocycles. The molecule has 0 spiro atoms. The first kappa shape index (κ1) is 14.0. The van der Waals surface area contributed by atoms with Gasteiger partial charge in [0.25, 0.3) is 0 Å². The van der Waals surface area contributed by atoms with Gasteiger partial charge in [0.1, 0.15) is 5.82 Å². The highest BCUT2D eigenvalue weighted by Crippen LogP contribution is 2.22. The molecule has 2 nitrogen and oxygen atoms in total. The first-order chi connectivity index (χ1) is 9.06. The number of hydrogen-bond donors (Lipinski definition) is 0. The van der Waals surface area contributed by atoms with Crippen molar-refractivity contribution in [1.82, 2.24) is 4.90 Å². The van der Waals surface area contributed by atoms with Crippen LogP contribution >= 0.6 is 22.9 Å². The van der Waals surface area contributed by atoms with Crippen molar-refractivity contribution in [2.75, 3.05) is 7.05 Å². The molecule has 19 heavy (non-hydrogen) atoms. The van der Waals surface area contributed by atoms with Crippen LogP contribution in [-0.2, 0) is 17.8 Å². The summed E-state index contributed by atoms with van der Waals surface area (Å²) in [6, 6.07) is 10.0. The van der Waals surface area contributed by atoms with E-state index in [9.17, 15) is 9.18 Å². The van der Waals surface area contributed by atoms with Gasteiger partial charge in [-0.15, -0.1) is 11.3 Å². The molecule has 2 rings (SSSR count). The molecule has 0 aliphatic carbocycles. The van der Waals surface area contributed by atoms with Crippen LogP contribution in [0.4, 0.5) is 4.39 Å². The van der Waals surface area contributed by atoms with Crippen LogP contribution < -0.4 is 0 Å². The molecule has 100 valence electrons. The largest absolute Gasteiger partial charge is 0.340 e. The molecule has 1 aromatic carbocycles. The Labute approximate surface area is 120 Å². The normalized spacial score (nSPS) is 10.5. The van der Waals surface area contributed by atoms with E-state index in [0.29, 0.717) is 16.4 Å². The number of rotatable bonds is 4. The quantitative estimate of drug-likeness (QED) is 0.842. The molecule has 1 aromatic heterocycles. The highest BCUT2D eigenvalue weighted by Gasteiger charge is 2.13. The van der Waals surface area contributed by atoms with E-state index >= 15 is 0 Å². The Morgan fingerprint density at radius 2 is 2.05 bits per heavy atom. The number of hydrogen-bond acceptors (Lipinski definition) is 2. The topological polar surface area (TPSA) is 20.3 Å². The lowest BCUT2D eigenvalue weighted by Gasteiger charge is -2.16. The Morgan fingerprint density at radius 1 is 1.32 bits per heavy atom. The predicted molar refractivity (Wildman–Crippen MR) is 75.9 cm³/mol. The Hall–Kier alpha value is -1.39. The maximum atomic E-state index is 13.5. The fourth-order valence-electron chi connectivity index (χ4n) is 1.70. The summed E-state index contributed by atoms with van der Waals surface area (Å²) < 4.78 is 14.2. The molecule has 1 amide bonds. The first-order valence-corrected chi connectivity index (χ1v) is 6.97. The van der Waals surface area contributed by atoms with E-state index in [1.54, 1.807) is 36.2 Å². The molecule has 0 fully saturated rings. The van der Waals surface area contributed by atoms with Crippen molar-refractivity contribution in [1.29, 1.82) is 0 Å². The lowest BCUT2D eigenvalue weighted by molar-refractivity contribution is -0.129. The minimum absolute atomic E-state index is 0.0717. The van der Waals surface area contributed by atoms with Gasteiger partial charge in [-0.3, -0.25) is 4.79 Å². The summed E-state index contributed by atoms with van der Waals surface area (Å²) in [6.45, 7) is 0.491. The van der Waals surface area contributed by atoms with Crippen molar-refractivity contribution in [3.05, 3.63) is 57.0 Å². The molecular weight excluding hydrogens is 285 g/mol. The maximum absolute atomic E-state index is 13.5. The number of thiophene rings is 1. The van der Waals surface area contributed by atoms with Gasteiger partial charge in [-0.1, -0.05) is 29.8 Å². The molecule has 0 aliphatic rings. The predicted octanol–water partition coefficient (Wildman–Crippen LogP) is 3.74. The van der Waals surface area contributed by atoms with Crippen LogP contribution in [0.1, 0.15) is 10.4 Å². The van der Waals surface area contributed by atoms with Crippen LogP contribution in [0.15, 0.2) is 36.4 Å². The average Bonchev–Trinajstić information content (AvgIpc) is 2.77. The summed E-state index contributed by atoms with van der Waals surface area (Å²) in [7, 11) is 1.71. The fourth-order valence-corrected chi connectivity index (χ4v) is 2.84. The number of halogens is 2. The molecule has 5 heteroatoms. The summed E-state index contributed by atoms with van der Waals surface area (Å²) >= 11 is 7.28.